The Kier molecular flexibility index (Phi) is 5.11. The average Bonchev–Trinajstić information content (AvgIpc) is 2.57. The summed E-state index contributed by atoms with van der Waals surface area (Å²) in [7, 11) is 0. The number of hydrogen-bond donors (Lipinski definition) is 0. The molecule has 0 radical (unpaired) electrons. The number of aromatic nitrogens is 1. The first-order valence-electron chi connectivity index (χ1n) is 6.92. The van der Waals surface area contributed by atoms with Gasteiger partial charge in [0.15, 0.2) is 0 Å². The molecule has 1 aromatic heterocycles. The summed E-state index contributed by atoms with van der Waals surface area (Å²) in [6, 6.07) is 13.3. The fourth-order valence-electron chi connectivity index (χ4n) is 2.45. The zero-order valence-electron chi connectivity index (χ0n) is 12.3. The van der Waals surface area contributed by atoms with Crippen molar-refractivity contribution in [3.8, 4) is 12.1 Å². The molecule has 24 heavy (non-hydrogen) atoms. The number of hydrogen-bond acceptors (Lipinski definition) is 3. The SMILES string of the molecule is N#CCC[C@@](C#N)(c1ccccc1)c1ncc(C(F)(F)F)cc1Cl. The van der Waals surface area contributed by atoms with Gasteiger partial charge in [-0.05, 0) is 18.1 Å². The van der Waals surface area contributed by atoms with E-state index in [4.69, 9.17) is 16.9 Å². The smallest absolute Gasteiger partial charge is 0.257 e. The summed E-state index contributed by atoms with van der Waals surface area (Å²) in [5.41, 5.74) is -1.84. The molecule has 1 aromatic carbocycles. The third-order valence-electron chi connectivity index (χ3n) is 3.64. The highest BCUT2D eigenvalue weighted by atomic mass is 35.5. The van der Waals surface area contributed by atoms with Crippen molar-refractivity contribution in [2.24, 2.45) is 0 Å². The summed E-state index contributed by atoms with van der Waals surface area (Å²) in [5, 5.41) is 18.4. The lowest BCUT2D eigenvalue weighted by Gasteiger charge is -2.27. The standard InChI is InChI=1S/C17H11ClF3N3/c18-14-9-13(17(19,20)21)10-24-15(14)16(11-23,7-4-8-22)12-5-2-1-3-6-12/h1-3,5-6,9-10H,4,7H2/t16-/m1/s1. The molecule has 3 nitrogen and oxygen atoms in total. The number of nitrogens with zero attached hydrogens (tertiary/aromatic N) is 3. The first-order valence-corrected chi connectivity index (χ1v) is 7.30. The second-order valence-corrected chi connectivity index (χ2v) is 5.50. The molecule has 0 saturated heterocycles. The van der Waals surface area contributed by atoms with E-state index >= 15 is 0 Å². The van der Waals surface area contributed by atoms with Gasteiger partial charge in [-0.2, -0.15) is 23.7 Å². The van der Waals surface area contributed by atoms with Crippen LogP contribution >= 0.6 is 11.6 Å². The van der Waals surface area contributed by atoms with E-state index in [9.17, 15) is 18.4 Å². The predicted molar refractivity (Wildman–Crippen MR) is 81.9 cm³/mol. The van der Waals surface area contributed by atoms with Gasteiger partial charge in [0.05, 0.1) is 28.4 Å². The quantitative estimate of drug-likeness (QED) is 0.791. The fourth-order valence-corrected chi connectivity index (χ4v) is 2.77. The Morgan fingerprint density at radius 3 is 2.25 bits per heavy atom. The number of rotatable bonds is 4. The van der Waals surface area contributed by atoms with Crippen molar-refractivity contribution >= 4 is 11.6 Å². The van der Waals surface area contributed by atoms with E-state index in [1.54, 1.807) is 30.3 Å². The van der Waals surface area contributed by atoms with Crippen molar-refractivity contribution in [2.45, 2.75) is 24.4 Å². The number of pyridine rings is 1. The minimum Gasteiger partial charge on any atom is -0.257 e. The molecule has 7 heteroatoms. The Hall–Kier alpha value is -2.57. The van der Waals surface area contributed by atoms with Crippen LogP contribution in [0.2, 0.25) is 5.02 Å². The van der Waals surface area contributed by atoms with Crippen molar-refractivity contribution in [3.05, 3.63) is 64.4 Å². The molecule has 2 aromatic rings. The zero-order valence-corrected chi connectivity index (χ0v) is 13.1. The molecular formula is C17H11ClF3N3. The van der Waals surface area contributed by atoms with Gasteiger partial charge in [-0.15, -0.1) is 0 Å². The predicted octanol–water partition coefficient (Wildman–Crippen LogP) is 4.87. The van der Waals surface area contributed by atoms with E-state index in [2.05, 4.69) is 11.1 Å². The molecule has 0 aliphatic carbocycles. The zero-order chi connectivity index (χ0) is 17.8. The maximum atomic E-state index is 12.8. The molecule has 0 saturated carbocycles. The number of benzene rings is 1. The molecule has 1 heterocycles. The Morgan fingerprint density at radius 2 is 1.75 bits per heavy atom. The molecule has 2 rings (SSSR count). The van der Waals surface area contributed by atoms with Crippen LogP contribution in [0.15, 0.2) is 42.6 Å². The average molecular weight is 350 g/mol. The van der Waals surface area contributed by atoms with E-state index in [0.29, 0.717) is 11.8 Å². The van der Waals surface area contributed by atoms with E-state index in [-0.39, 0.29) is 23.6 Å². The van der Waals surface area contributed by atoms with Gasteiger partial charge < -0.3 is 0 Å². The summed E-state index contributed by atoms with van der Waals surface area (Å²) < 4.78 is 38.4. The maximum absolute atomic E-state index is 12.8. The van der Waals surface area contributed by atoms with Gasteiger partial charge in [0.1, 0.15) is 5.41 Å². The Balaban J connectivity index is 2.65. The molecule has 0 N–H and O–H groups in total. The molecule has 0 aliphatic heterocycles. The second-order valence-electron chi connectivity index (χ2n) is 5.09. The minimum atomic E-state index is -4.58. The molecule has 0 bridgehead atoms. The van der Waals surface area contributed by atoms with Crippen molar-refractivity contribution in [3.63, 3.8) is 0 Å². The van der Waals surface area contributed by atoms with Gasteiger partial charge in [0.25, 0.3) is 0 Å². The van der Waals surface area contributed by atoms with E-state index in [1.807, 2.05) is 6.07 Å². The first kappa shape index (κ1) is 17.8. The van der Waals surface area contributed by atoms with Gasteiger partial charge in [-0.3, -0.25) is 4.98 Å². The monoisotopic (exact) mass is 349 g/mol. The highest BCUT2D eigenvalue weighted by Crippen LogP contribution is 2.40. The topological polar surface area (TPSA) is 60.5 Å². The fraction of sp³-hybridized carbons (Fsp3) is 0.235. The minimum absolute atomic E-state index is 0.0149. The molecule has 0 spiro atoms. The summed E-state index contributed by atoms with van der Waals surface area (Å²) in [6.07, 6.45) is -3.82. The number of nitriles is 2. The van der Waals surface area contributed by atoms with Crippen LogP contribution in [0, 0.1) is 22.7 Å². The van der Waals surface area contributed by atoms with Crippen LogP contribution in [0.4, 0.5) is 13.2 Å². The summed E-state index contributed by atoms with van der Waals surface area (Å²) in [4.78, 5) is 3.83. The highest BCUT2D eigenvalue weighted by molar-refractivity contribution is 6.31. The van der Waals surface area contributed by atoms with Crippen molar-refractivity contribution < 1.29 is 13.2 Å². The summed E-state index contributed by atoms with van der Waals surface area (Å²) in [5.74, 6) is 0. The van der Waals surface area contributed by atoms with Gasteiger partial charge in [0, 0.05) is 12.6 Å². The highest BCUT2D eigenvalue weighted by Gasteiger charge is 2.39. The van der Waals surface area contributed by atoms with Gasteiger partial charge in [-0.25, -0.2) is 0 Å². The number of alkyl halides is 3. The van der Waals surface area contributed by atoms with Gasteiger partial charge >= 0.3 is 6.18 Å². The maximum Gasteiger partial charge on any atom is 0.417 e. The largest absolute Gasteiger partial charge is 0.417 e. The van der Waals surface area contributed by atoms with E-state index in [1.165, 1.54) is 0 Å². The molecule has 1 atom stereocenters. The van der Waals surface area contributed by atoms with Crippen LogP contribution in [0.3, 0.4) is 0 Å². The molecule has 0 fully saturated rings. The molecule has 0 unspecified atom stereocenters. The number of halogens is 4. The third kappa shape index (κ3) is 3.34. The third-order valence-corrected chi connectivity index (χ3v) is 3.93. The molecular weight excluding hydrogens is 339 g/mol. The Bertz CT molecular complexity index is 807. The van der Waals surface area contributed by atoms with Crippen LogP contribution < -0.4 is 0 Å². The van der Waals surface area contributed by atoms with Crippen molar-refractivity contribution in [1.29, 1.82) is 10.5 Å². The second kappa shape index (κ2) is 6.90. The Labute approximate surface area is 141 Å². The summed E-state index contributed by atoms with van der Waals surface area (Å²) in [6.45, 7) is 0. The lowest BCUT2D eigenvalue weighted by Crippen LogP contribution is -2.28. The van der Waals surface area contributed by atoms with Gasteiger partial charge in [-0.1, -0.05) is 41.9 Å². The van der Waals surface area contributed by atoms with Crippen LogP contribution in [-0.2, 0) is 11.6 Å². The molecule has 0 aliphatic rings. The summed E-state index contributed by atoms with van der Waals surface area (Å²) >= 11 is 6.03. The van der Waals surface area contributed by atoms with Crippen LogP contribution in [0.25, 0.3) is 0 Å². The van der Waals surface area contributed by atoms with Crippen molar-refractivity contribution in [1.82, 2.24) is 4.98 Å². The Morgan fingerprint density at radius 1 is 1.08 bits per heavy atom. The lowest BCUT2D eigenvalue weighted by atomic mass is 9.75. The van der Waals surface area contributed by atoms with Crippen molar-refractivity contribution in [2.75, 3.05) is 0 Å². The molecule has 0 amide bonds. The van der Waals surface area contributed by atoms with Crippen LogP contribution in [0.1, 0.15) is 29.7 Å². The van der Waals surface area contributed by atoms with Crippen LogP contribution in [-0.4, -0.2) is 4.98 Å². The normalized spacial score (nSPS) is 13.6. The first-order chi connectivity index (χ1) is 11.3. The van der Waals surface area contributed by atoms with E-state index < -0.39 is 17.2 Å². The lowest BCUT2D eigenvalue weighted by molar-refractivity contribution is -0.137. The van der Waals surface area contributed by atoms with Gasteiger partial charge in [0.2, 0.25) is 0 Å². The van der Waals surface area contributed by atoms with Crippen LogP contribution in [0.5, 0.6) is 0 Å². The molecule has 122 valence electrons. The van der Waals surface area contributed by atoms with E-state index in [0.717, 1.165) is 6.07 Å².